The average Bonchev–Trinajstić information content (AvgIpc) is 1.80. The number of nitrogens with one attached hydrogen (secondary N) is 1. The Bertz CT molecular complexity index is 3540. The summed E-state index contributed by atoms with van der Waals surface area (Å²) in [6, 6.07) is 33.6. The van der Waals surface area contributed by atoms with Gasteiger partial charge in [-0.1, -0.05) is 139 Å². The molecular formula is C70H89ClF6N11O2P. The molecule has 8 aromatic rings. The van der Waals surface area contributed by atoms with E-state index in [0.29, 0.717) is 44.9 Å². The minimum Gasteiger partial charge on any atom is -0.406 e. The van der Waals surface area contributed by atoms with Crippen LogP contribution >= 0.6 is 19.5 Å². The van der Waals surface area contributed by atoms with Gasteiger partial charge in [0.1, 0.15) is 17.3 Å². The second kappa shape index (κ2) is 32.4. The predicted octanol–water partition coefficient (Wildman–Crippen LogP) is 16.9. The number of nitrogens with zero attached hydrogens (tertiary/aromatic N) is 9. The average molecular weight is 1300 g/mol. The first-order chi connectivity index (χ1) is 43.8. The van der Waals surface area contributed by atoms with Gasteiger partial charge in [0.25, 0.3) is 0 Å². The molecule has 4 aromatic carbocycles. The van der Waals surface area contributed by atoms with Gasteiger partial charge in [-0.05, 0) is 199 Å². The number of imidazole rings is 2. The van der Waals surface area contributed by atoms with E-state index in [1.54, 1.807) is 41.1 Å². The highest BCUT2D eigenvalue weighted by molar-refractivity contribution is 7.67. The van der Waals surface area contributed by atoms with Crippen molar-refractivity contribution in [3.05, 3.63) is 138 Å². The molecule has 0 atom stereocenters. The lowest BCUT2D eigenvalue weighted by molar-refractivity contribution is -0.275. The fraction of sp³-hybridized carbons (Fsp3) is 0.486. The Morgan fingerprint density at radius 2 is 1.05 bits per heavy atom. The van der Waals surface area contributed by atoms with E-state index in [1.807, 2.05) is 13.0 Å². The van der Waals surface area contributed by atoms with Crippen LogP contribution < -0.4 is 30.7 Å². The molecular weight excluding hydrogens is 1210 g/mol. The number of nitrogens with two attached hydrogens (primary N) is 1. The van der Waals surface area contributed by atoms with E-state index >= 15 is 0 Å². The first-order valence-electron chi connectivity index (χ1n) is 32.4. The van der Waals surface area contributed by atoms with Crippen molar-refractivity contribution >= 4 is 47.6 Å². The number of hydrogen-bond acceptors (Lipinski definition) is 11. The van der Waals surface area contributed by atoms with Crippen LogP contribution in [0.15, 0.2) is 122 Å². The summed E-state index contributed by atoms with van der Waals surface area (Å²) < 4.78 is 85.7. The third kappa shape index (κ3) is 19.1. The van der Waals surface area contributed by atoms with Gasteiger partial charge in [-0.25, -0.2) is 19.0 Å². The van der Waals surface area contributed by atoms with Gasteiger partial charge in [0.2, 0.25) is 0 Å². The molecule has 2 saturated carbocycles. The van der Waals surface area contributed by atoms with Crippen molar-refractivity contribution in [1.82, 2.24) is 39.0 Å². The Morgan fingerprint density at radius 1 is 0.582 bits per heavy atom. The SMILES string of the molecule is CCN1CCC(CN)CC1.CCN1CCC(CNc2nn3c(-c4cccc(OC(F)(F)F)c4)cnc3cc2C)CC1.CN(C)c1ccccc1-c1ccccc1P(C1CCCCC1)C1CCCCC1.Cc1cc2ncc(-c3cccc(OC(F)(F)F)c3)n2nc1Cl. The number of rotatable bonds is 15. The molecule has 0 radical (unpaired) electrons. The Kier molecular flexibility index (Phi) is 24.5. The maximum Gasteiger partial charge on any atom is 0.573 e. The van der Waals surface area contributed by atoms with Gasteiger partial charge >= 0.3 is 12.7 Å². The highest BCUT2D eigenvalue weighted by Crippen LogP contribution is 2.56. The molecule has 6 heterocycles. The molecule has 4 aromatic heterocycles. The lowest BCUT2D eigenvalue weighted by Crippen LogP contribution is -2.35. The lowest BCUT2D eigenvalue weighted by Gasteiger charge is -2.39. The minimum absolute atomic E-state index is 0.0867. The van der Waals surface area contributed by atoms with Crippen LogP contribution in [-0.2, 0) is 0 Å². The zero-order valence-corrected chi connectivity index (χ0v) is 55.1. The van der Waals surface area contributed by atoms with Gasteiger partial charge < -0.3 is 35.2 Å². The number of alkyl halides is 6. The zero-order chi connectivity index (χ0) is 64.7. The molecule has 2 aliphatic carbocycles. The number of anilines is 2. The molecule has 490 valence electrons. The lowest BCUT2D eigenvalue weighted by atomic mass is 9.97. The summed E-state index contributed by atoms with van der Waals surface area (Å²) in [6.07, 6.45) is 13.2. The molecule has 0 amide bonds. The van der Waals surface area contributed by atoms with E-state index in [1.165, 1.54) is 161 Å². The quantitative estimate of drug-likeness (QED) is 0.0752. The fourth-order valence-electron chi connectivity index (χ4n) is 13.0. The Hall–Kier alpha value is -6.50. The molecule has 2 saturated heterocycles. The van der Waals surface area contributed by atoms with Crippen LogP contribution in [0.4, 0.5) is 37.8 Å². The molecule has 4 aliphatic rings. The van der Waals surface area contributed by atoms with Crippen molar-refractivity contribution in [1.29, 1.82) is 0 Å². The number of piperidine rings is 2. The van der Waals surface area contributed by atoms with Gasteiger partial charge in [-0.2, -0.15) is 5.10 Å². The zero-order valence-electron chi connectivity index (χ0n) is 53.4. The van der Waals surface area contributed by atoms with E-state index in [-0.39, 0.29) is 19.4 Å². The summed E-state index contributed by atoms with van der Waals surface area (Å²) in [7, 11) is 4.26. The number of ether oxygens (including phenoxy) is 2. The second-order valence-corrected chi connectivity index (χ2v) is 27.7. The molecule has 0 unspecified atom stereocenters. The molecule has 13 nitrogen and oxygen atoms in total. The predicted molar refractivity (Wildman–Crippen MR) is 358 cm³/mol. The molecule has 0 bridgehead atoms. The van der Waals surface area contributed by atoms with Gasteiger partial charge in [0.05, 0.1) is 23.8 Å². The summed E-state index contributed by atoms with van der Waals surface area (Å²) in [5.74, 6) is 1.58. The first kappa shape index (κ1) is 68.9. The van der Waals surface area contributed by atoms with E-state index in [0.717, 1.165) is 79.7 Å². The Balaban J connectivity index is 0.000000151. The maximum atomic E-state index is 12.6. The van der Waals surface area contributed by atoms with Crippen molar-refractivity contribution in [2.24, 2.45) is 17.6 Å². The van der Waals surface area contributed by atoms with Crippen molar-refractivity contribution < 1.29 is 35.8 Å². The van der Waals surface area contributed by atoms with E-state index in [9.17, 15) is 26.3 Å². The van der Waals surface area contributed by atoms with Crippen molar-refractivity contribution in [3.8, 4) is 45.1 Å². The van der Waals surface area contributed by atoms with Gasteiger partial charge in [0.15, 0.2) is 16.4 Å². The number of halogens is 7. The number of para-hydroxylation sites is 1. The highest BCUT2D eigenvalue weighted by atomic mass is 35.5. The monoisotopic (exact) mass is 1300 g/mol. The maximum absolute atomic E-state index is 12.6. The number of benzene rings is 4. The van der Waals surface area contributed by atoms with E-state index in [4.69, 9.17) is 22.4 Å². The molecule has 12 rings (SSSR count). The number of fused-ring (bicyclic) bond motifs is 2. The third-order valence-corrected chi connectivity index (χ3v) is 22.0. The minimum atomic E-state index is -4.74. The summed E-state index contributed by atoms with van der Waals surface area (Å²) in [5.41, 5.74) is 16.8. The van der Waals surface area contributed by atoms with Crippen molar-refractivity contribution in [3.63, 3.8) is 0 Å². The van der Waals surface area contributed by atoms with Gasteiger partial charge in [-0.3, -0.25) is 0 Å². The Labute approximate surface area is 538 Å². The van der Waals surface area contributed by atoms with Crippen molar-refractivity contribution in [2.45, 2.75) is 142 Å². The molecule has 4 fully saturated rings. The number of likely N-dealkylation sites (tertiary alicyclic amines) is 2. The van der Waals surface area contributed by atoms with Crippen LogP contribution in [0.5, 0.6) is 11.5 Å². The first-order valence-corrected chi connectivity index (χ1v) is 34.2. The number of aromatic nitrogens is 6. The summed E-state index contributed by atoms with van der Waals surface area (Å²) in [5, 5.41) is 14.3. The summed E-state index contributed by atoms with van der Waals surface area (Å²) in [4.78, 5) is 15.8. The summed E-state index contributed by atoms with van der Waals surface area (Å²) in [6.45, 7) is 17.0. The van der Waals surface area contributed by atoms with Crippen LogP contribution in [0.25, 0.3) is 44.9 Å². The normalized spacial score (nSPS) is 16.8. The molecule has 3 N–H and O–H groups in total. The highest BCUT2D eigenvalue weighted by Gasteiger charge is 2.35. The van der Waals surface area contributed by atoms with Gasteiger partial charge in [0, 0.05) is 43.0 Å². The fourth-order valence-corrected chi connectivity index (χ4v) is 17.1. The van der Waals surface area contributed by atoms with Crippen LogP contribution in [0, 0.1) is 25.7 Å². The van der Waals surface area contributed by atoms with E-state index < -0.39 is 12.7 Å². The van der Waals surface area contributed by atoms with Crippen LogP contribution in [0.1, 0.15) is 115 Å². The van der Waals surface area contributed by atoms with Crippen LogP contribution in [0.2, 0.25) is 5.15 Å². The Morgan fingerprint density at radius 3 is 1.55 bits per heavy atom. The third-order valence-electron chi connectivity index (χ3n) is 18.0. The van der Waals surface area contributed by atoms with Crippen molar-refractivity contribution in [2.75, 3.05) is 76.7 Å². The molecule has 0 spiro atoms. The number of hydrogen-bond donors (Lipinski definition) is 2. The number of aryl methyl sites for hydroxylation is 2. The summed E-state index contributed by atoms with van der Waals surface area (Å²) >= 11 is 5.99. The molecule has 91 heavy (non-hydrogen) atoms. The van der Waals surface area contributed by atoms with E-state index in [2.05, 4.69) is 121 Å². The molecule has 2 aliphatic heterocycles. The molecule has 21 heteroatoms. The second-order valence-electron chi connectivity index (χ2n) is 24.6. The topological polar surface area (TPSA) is 127 Å². The van der Waals surface area contributed by atoms with Gasteiger partial charge in [-0.15, -0.1) is 31.4 Å². The largest absolute Gasteiger partial charge is 0.573 e. The van der Waals surface area contributed by atoms with Crippen LogP contribution in [-0.4, -0.2) is 129 Å². The van der Waals surface area contributed by atoms with Crippen LogP contribution in [0.3, 0.4) is 0 Å². The smallest absolute Gasteiger partial charge is 0.406 e. The standard InChI is InChI=1S/C26H36NP.C22H26F3N5O.C14H9ClF3N3O.C8H18N2/c1-27(2)25-19-11-9-17-23(25)24-18-10-12-20-26(24)28(21-13-5-3-6-14-21)22-15-7-4-8-16-22;1-3-29-9-7-16(8-10-29)13-27-21-15(2)11-20-26-14-19(30(20)28-21)17-5-4-6-18(12-17)31-22(23,24)25;1-8-5-12-19-7-11(21(12)20-13(8)15)9-3-2-4-10(6-9)22-14(16,17)18;1-2-10-5-3-8(7-9)4-6-10/h9-12,17-22H,3-8,13-16H2,1-2H3;4-6,11-12,14,16H,3,7-10,13H2,1-2H3,(H,27,28);2-7H,1H3;8H,2-7,9H2,1H3.